The molecule has 1 aliphatic heterocycles. The fourth-order valence-electron chi connectivity index (χ4n) is 4.42. The molecule has 2 heterocycles. The summed E-state index contributed by atoms with van der Waals surface area (Å²) in [5, 5.41) is 6.92. The molecule has 0 aliphatic carbocycles. The van der Waals surface area contributed by atoms with Gasteiger partial charge in [0, 0.05) is 30.6 Å². The molecule has 0 radical (unpaired) electrons. The summed E-state index contributed by atoms with van der Waals surface area (Å²) in [4.78, 5) is 26.6. The highest BCUT2D eigenvalue weighted by Crippen LogP contribution is 2.31. The monoisotopic (exact) mass is 472 g/mol. The standard InChI is InChI=1S/C28H36N6O/c1-20(2)34-19-24-25(27(34)35)31-28(29-16-11-17-33(3)4)32-26(24)30-18-23(21-12-7-5-8-13-21)22-14-9-6-10-15-22/h5-10,12-15,20,23H,11,16-19H2,1-4H3,(H2,29,30,31,32). The molecule has 2 N–H and O–H groups in total. The van der Waals surface area contributed by atoms with Crippen molar-refractivity contribution in [2.45, 2.75) is 38.8 Å². The van der Waals surface area contributed by atoms with Crippen molar-refractivity contribution >= 4 is 17.7 Å². The normalized spacial score (nSPS) is 13.1. The Bertz CT molecular complexity index is 1080. The number of fused-ring (bicyclic) bond motifs is 1. The molecule has 2 aromatic carbocycles. The molecule has 1 aliphatic rings. The summed E-state index contributed by atoms with van der Waals surface area (Å²) in [5.74, 6) is 1.36. The van der Waals surface area contributed by atoms with Crippen LogP contribution in [0.25, 0.3) is 0 Å². The maximum Gasteiger partial charge on any atom is 0.273 e. The van der Waals surface area contributed by atoms with Crippen LogP contribution >= 0.6 is 0 Å². The quantitative estimate of drug-likeness (QED) is 0.402. The first-order valence-electron chi connectivity index (χ1n) is 12.4. The van der Waals surface area contributed by atoms with Crippen LogP contribution in [0.1, 0.15) is 53.4 Å². The minimum atomic E-state index is -0.0283. The molecule has 7 nitrogen and oxygen atoms in total. The van der Waals surface area contributed by atoms with Crippen LogP contribution in [0.4, 0.5) is 11.8 Å². The van der Waals surface area contributed by atoms with Gasteiger partial charge in [-0.15, -0.1) is 0 Å². The Labute approximate surface area is 208 Å². The van der Waals surface area contributed by atoms with Crippen LogP contribution in [-0.4, -0.2) is 65.4 Å². The third-order valence-corrected chi connectivity index (χ3v) is 6.37. The number of hydrogen-bond donors (Lipinski definition) is 2. The van der Waals surface area contributed by atoms with Crippen molar-refractivity contribution in [3.63, 3.8) is 0 Å². The van der Waals surface area contributed by atoms with Gasteiger partial charge in [-0.25, -0.2) is 4.98 Å². The summed E-state index contributed by atoms with van der Waals surface area (Å²) >= 11 is 0. The molecule has 0 saturated carbocycles. The average Bonchev–Trinajstić information content (AvgIpc) is 3.20. The Morgan fingerprint density at radius 3 is 2.14 bits per heavy atom. The minimum Gasteiger partial charge on any atom is -0.369 e. The number of carbonyl (C=O) groups is 1. The zero-order valence-electron chi connectivity index (χ0n) is 21.2. The molecule has 35 heavy (non-hydrogen) atoms. The van der Waals surface area contributed by atoms with E-state index in [0.717, 1.165) is 30.9 Å². The van der Waals surface area contributed by atoms with E-state index < -0.39 is 0 Å². The number of rotatable bonds is 11. The second-order valence-corrected chi connectivity index (χ2v) is 9.59. The average molecular weight is 473 g/mol. The molecule has 0 fully saturated rings. The summed E-state index contributed by atoms with van der Waals surface area (Å²) in [6.07, 6.45) is 0.965. The summed E-state index contributed by atoms with van der Waals surface area (Å²) < 4.78 is 0. The molecule has 184 valence electrons. The van der Waals surface area contributed by atoms with Crippen molar-refractivity contribution in [1.82, 2.24) is 19.8 Å². The second kappa shape index (κ2) is 11.3. The molecule has 0 atom stereocenters. The Kier molecular flexibility index (Phi) is 7.98. The summed E-state index contributed by atoms with van der Waals surface area (Å²) in [6, 6.07) is 21.1. The van der Waals surface area contributed by atoms with Gasteiger partial charge in [-0.1, -0.05) is 60.7 Å². The molecule has 0 bridgehead atoms. The van der Waals surface area contributed by atoms with Gasteiger partial charge >= 0.3 is 0 Å². The Hall–Kier alpha value is -3.45. The SMILES string of the molecule is CC(C)N1Cc2c(NCC(c3ccccc3)c3ccccc3)nc(NCCCN(C)C)nc2C1=O. The number of aromatic nitrogens is 2. The van der Waals surface area contributed by atoms with Gasteiger partial charge in [0.15, 0.2) is 0 Å². The van der Waals surface area contributed by atoms with Crippen LogP contribution in [0.3, 0.4) is 0 Å². The number of nitrogens with one attached hydrogen (secondary N) is 2. The Balaban J connectivity index is 1.61. The van der Waals surface area contributed by atoms with Crippen molar-refractivity contribution < 1.29 is 4.79 Å². The highest BCUT2D eigenvalue weighted by molar-refractivity contribution is 5.98. The number of benzene rings is 2. The number of hydrogen-bond acceptors (Lipinski definition) is 6. The van der Waals surface area contributed by atoms with Crippen LogP contribution in [-0.2, 0) is 6.54 Å². The fourth-order valence-corrected chi connectivity index (χ4v) is 4.42. The van der Waals surface area contributed by atoms with Crippen LogP contribution in [0.2, 0.25) is 0 Å². The molecular formula is C28H36N6O. The van der Waals surface area contributed by atoms with E-state index in [2.05, 4.69) is 83.1 Å². The largest absolute Gasteiger partial charge is 0.369 e. The fraction of sp³-hybridized carbons (Fsp3) is 0.393. The van der Waals surface area contributed by atoms with Gasteiger partial charge in [-0.3, -0.25) is 4.79 Å². The smallest absolute Gasteiger partial charge is 0.273 e. The van der Waals surface area contributed by atoms with Gasteiger partial charge in [0.05, 0.1) is 6.54 Å². The van der Waals surface area contributed by atoms with Gasteiger partial charge in [0.1, 0.15) is 11.5 Å². The topological polar surface area (TPSA) is 73.4 Å². The lowest BCUT2D eigenvalue weighted by molar-refractivity contribution is 0.0726. The molecule has 7 heteroatoms. The first-order valence-corrected chi connectivity index (χ1v) is 12.4. The highest BCUT2D eigenvalue weighted by Gasteiger charge is 2.34. The van der Waals surface area contributed by atoms with Crippen molar-refractivity contribution in [3.8, 4) is 0 Å². The lowest BCUT2D eigenvalue weighted by Gasteiger charge is -2.21. The van der Waals surface area contributed by atoms with Gasteiger partial charge < -0.3 is 20.4 Å². The summed E-state index contributed by atoms with van der Waals surface area (Å²) in [7, 11) is 4.12. The van der Waals surface area contributed by atoms with Crippen LogP contribution in [0, 0.1) is 0 Å². The zero-order valence-corrected chi connectivity index (χ0v) is 21.2. The van der Waals surface area contributed by atoms with E-state index in [9.17, 15) is 4.79 Å². The van der Waals surface area contributed by atoms with Crippen LogP contribution < -0.4 is 10.6 Å². The Morgan fingerprint density at radius 2 is 1.57 bits per heavy atom. The second-order valence-electron chi connectivity index (χ2n) is 9.59. The van der Waals surface area contributed by atoms with E-state index in [1.165, 1.54) is 11.1 Å². The summed E-state index contributed by atoms with van der Waals surface area (Å²) in [6.45, 7) is 6.97. The van der Waals surface area contributed by atoms with Gasteiger partial charge in [0.2, 0.25) is 5.95 Å². The van der Waals surface area contributed by atoms with E-state index in [1.807, 2.05) is 30.9 Å². The lowest BCUT2D eigenvalue weighted by atomic mass is 9.91. The van der Waals surface area contributed by atoms with E-state index >= 15 is 0 Å². The first kappa shape index (κ1) is 24.7. The minimum absolute atomic E-state index is 0.0283. The summed E-state index contributed by atoms with van der Waals surface area (Å²) in [5.41, 5.74) is 3.85. The van der Waals surface area contributed by atoms with Crippen molar-refractivity contribution in [2.24, 2.45) is 0 Å². The third kappa shape index (κ3) is 5.98. The predicted molar refractivity (Wildman–Crippen MR) is 142 cm³/mol. The molecule has 1 aromatic heterocycles. The number of carbonyl (C=O) groups excluding carboxylic acids is 1. The molecule has 0 saturated heterocycles. The van der Waals surface area contributed by atoms with E-state index in [-0.39, 0.29) is 17.9 Å². The van der Waals surface area contributed by atoms with Gasteiger partial charge in [-0.2, -0.15) is 4.98 Å². The molecular weight excluding hydrogens is 436 g/mol. The van der Waals surface area contributed by atoms with Crippen molar-refractivity contribution in [1.29, 1.82) is 0 Å². The van der Waals surface area contributed by atoms with Gasteiger partial charge in [-0.05, 0) is 52.0 Å². The van der Waals surface area contributed by atoms with Crippen molar-refractivity contribution in [3.05, 3.63) is 83.0 Å². The van der Waals surface area contributed by atoms with E-state index in [1.54, 1.807) is 0 Å². The molecule has 1 amide bonds. The van der Waals surface area contributed by atoms with Crippen molar-refractivity contribution in [2.75, 3.05) is 44.4 Å². The lowest BCUT2D eigenvalue weighted by Crippen LogP contribution is -2.31. The predicted octanol–water partition coefficient (Wildman–Crippen LogP) is 4.45. The van der Waals surface area contributed by atoms with Crippen LogP contribution in [0.5, 0.6) is 0 Å². The highest BCUT2D eigenvalue weighted by atomic mass is 16.2. The Morgan fingerprint density at radius 1 is 0.943 bits per heavy atom. The molecule has 0 unspecified atom stereocenters. The van der Waals surface area contributed by atoms with E-state index in [0.29, 0.717) is 24.7 Å². The zero-order chi connectivity index (χ0) is 24.8. The van der Waals surface area contributed by atoms with Gasteiger partial charge in [0.25, 0.3) is 5.91 Å². The number of amides is 1. The number of nitrogens with zero attached hydrogens (tertiary/aromatic N) is 4. The maximum atomic E-state index is 13.1. The molecule has 4 rings (SSSR count). The van der Waals surface area contributed by atoms with E-state index in [4.69, 9.17) is 4.98 Å². The molecule has 0 spiro atoms. The maximum absolute atomic E-state index is 13.1. The molecule has 3 aromatic rings. The van der Waals surface area contributed by atoms with Crippen LogP contribution in [0.15, 0.2) is 60.7 Å². The number of anilines is 2. The first-order chi connectivity index (χ1) is 16.9. The third-order valence-electron chi connectivity index (χ3n) is 6.37.